The fraction of sp³-hybridized carbons (Fsp3) is 0.556. The van der Waals surface area contributed by atoms with Crippen LogP contribution in [0.15, 0.2) is 23.9 Å². The third kappa shape index (κ3) is 3.22. The zero-order valence-electron chi connectivity index (χ0n) is 8.11. The summed E-state index contributed by atoms with van der Waals surface area (Å²) in [5.74, 6) is 0.861. The Morgan fingerprint density at radius 1 is 1.31 bits per heavy atom. The lowest BCUT2D eigenvalue weighted by Gasteiger charge is -2.19. The molecule has 0 aromatic carbocycles. The number of nitrogens with one attached hydrogen (secondary N) is 1. The predicted molar refractivity (Wildman–Crippen MR) is 53.5 cm³/mol. The average Bonchev–Trinajstić information content (AvgIpc) is 1.94. The molecule has 0 spiro atoms. The molecule has 3 nitrogen and oxygen atoms in total. The maximum absolute atomic E-state index is 10.9. The lowest BCUT2D eigenvalue weighted by molar-refractivity contribution is 0.544. The van der Waals surface area contributed by atoms with Crippen LogP contribution in [-0.4, -0.2) is 14.7 Å². The van der Waals surface area contributed by atoms with E-state index >= 15 is 0 Å². The zero-order valence-corrected chi connectivity index (χ0v) is 8.93. The Labute approximate surface area is 79.6 Å². The van der Waals surface area contributed by atoms with Crippen LogP contribution in [0.4, 0.5) is 0 Å². The van der Waals surface area contributed by atoms with Gasteiger partial charge in [0.1, 0.15) is 0 Å². The van der Waals surface area contributed by atoms with E-state index in [0.29, 0.717) is 17.5 Å². The molecule has 1 N–H and O–H groups in total. The summed E-state index contributed by atoms with van der Waals surface area (Å²) in [6, 6.07) is 0. The molecule has 13 heavy (non-hydrogen) atoms. The van der Waals surface area contributed by atoms with Gasteiger partial charge in [-0.1, -0.05) is 26.0 Å². The molecular formula is C9H15NO2S. The summed E-state index contributed by atoms with van der Waals surface area (Å²) in [5, 5.41) is 0. The van der Waals surface area contributed by atoms with Crippen molar-refractivity contribution in [3.05, 3.63) is 23.9 Å². The van der Waals surface area contributed by atoms with Gasteiger partial charge < -0.3 is 0 Å². The van der Waals surface area contributed by atoms with Crippen LogP contribution in [0.25, 0.3) is 0 Å². The first-order valence-corrected chi connectivity index (χ1v) is 6.15. The molecule has 0 heterocycles. The van der Waals surface area contributed by atoms with Crippen molar-refractivity contribution in [3.8, 4) is 0 Å². The zero-order chi connectivity index (χ0) is 10.1. The molecule has 0 aromatic heterocycles. The predicted octanol–water partition coefficient (Wildman–Crippen LogP) is 1.26. The summed E-state index contributed by atoms with van der Waals surface area (Å²) < 4.78 is 24.3. The van der Waals surface area contributed by atoms with Gasteiger partial charge in [0.2, 0.25) is 10.0 Å². The number of allylic oxidation sites excluding steroid dienone is 3. The standard InChI is InChI=1S/C9H15NO2S/c1-7-4-5-9(6-8(7)2)10-13(3,11)12/h4-8,10H,1-3H3. The van der Waals surface area contributed by atoms with Gasteiger partial charge in [-0.15, -0.1) is 0 Å². The van der Waals surface area contributed by atoms with E-state index in [-0.39, 0.29) is 0 Å². The SMILES string of the molecule is CC1C=CC(NS(C)(=O)=O)=CC1C. The van der Waals surface area contributed by atoms with Crippen molar-refractivity contribution in [2.45, 2.75) is 13.8 Å². The van der Waals surface area contributed by atoms with Crippen LogP contribution in [0, 0.1) is 11.8 Å². The quantitative estimate of drug-likeness (QED) is 0.731. The van der Waals surface area contributed by atoms with Crippen LogP contribution in [0.5, 0.6) is 0 Å². The summed E-state index contributed by atoms with van der Waals surface area (Å²) in [5.41, 5.74) is 0.674. The van der Waals surface area contributed by atoms with Gasteiger partial charge >= 0.3 is 0 Å². The van der Waals surface area contributed by atoms with Crippen molar-refractivity contribution in [1.82, 2.24) is 4.72 Å². The number of hydrogen-bond donors (Lipinski definition) is 1. The highest BCUT2D eigenvalue weighted by Gasteiger charge is 2.13. The summed E-state index contributed by atoms with van der Waals surface area (Å²) in [6.45, 7) is 4.17. The fourth-order valence-corrected chi connectivity index (χ4v) is 1.77. The van der Waals surface area contributed by atoms with Gasteiger partial charge in [-0.3, -0.25) is 4.72 Å². The first-order chi connectivity index (χ1) is 5.88. The molecule has 74 valence electrons. The summed E-state index contributed by atoms with van der Waals surface area (Å²) in [4.78, 5) is 0. The van der Waals surface area contributed by atoms with Crippen molar-refractivity contribution in [2.24, 2.45) is 11.8 Å². The van der Waals surface area contributed by atoms with E-state index in [1.807, 2.05) is 18.2 Å². The lowest BCUT2D eigenvalue weighted by atomic mass is 9.91. The van der Waals surface area contributed by atoms with E-state index in [4.69, 9.17) is 0 Å². The Hall–Kier alpha value is -0.770. The smallest absolute Gasteiger partial charge is 0.229 e. The second-order valence-electron chi connectivity index (χ2n) is 3.57. The van der Waals surface area contributed by atoms with E-state index in [2.05, 4.69) is 18.6 Å². The van der Waals surface area contributed by atoms with E-state index in [0.717, 1.165) is 6.26 Å². The minimum Gasteiger partial charge on any atom is -0.284 e. The van der Waals surface area contributed by atoms with Gasteiger partial charge in [-0.05, 0) is 17.9 Å². The first kappa shape index (κ1) is 10.3. The van der Waals surface area contributed by atoms with Gasteiger partial charge in [0.15, 0.2) is 0 Å². The topological polar surface area (TPSA) is 46.2 Å². The van der Waals surface area contributed by atoms with Crippen LogP contribution in [0.2, 0.25) is 0 Å². The van der Waals surface area contributed by atoms with Crippen LogP contribution in [-0.2, 0) is 10.0 Å². The Balaban J connectivity index is 2.75. The molecule has 0 saturated carbocycles. The molecule has 2 unspecified atom stereocenters. The van der Waals surface area contributed by atoms with Gasteiger partial charge in [0, 0.05) is 5.70 Å². The van der Waals surface area contributed by atoms with Crippen molar-refractivity contribution < 1.29 is 8.42 Å². The van der Waals surface area contributed by atoms with E-state index in [1.165, 1.54) is 0 Å². The normalized spacial score (nSPS) is 28.4. The molecular weight excluding hydrogens is 186 g/mol. The Morgan fingerprint density at radius 3 is 2.38 bits per heavy atom. The molecule has 1 aliphatic carbocycles. The molecule has 0 aliphatic heterocycles. The van der Waals surface area contributed by atoms with Crippen LogP contribution < -0.4 is 4.72 Å². The molecule has 0 bridgehead atoms. The van der Waals surface area contributed by atoms with Crippen LogP contribution in [0.3, 0.4) is 0 Å². The maximum atomic E-state index is 10.9. The third-order valence-electron chi connectivity index (χ3n) is 2.15. The highest BCUT2D eigenvalue weighted by Crippen LogP contribution is 2.20. The summed E-state index contributed by atoms with van der Waals surface area (Å²) in [6.07, 6.45) is 6.92. The number of sulfonamides is 1. The second-order valence-corrected chi connectivity index (χ2v) is 5.32. The van der Waals surface area contributed by atoms with Crippen LogP contribution >= 0.6 is 0 Å². The minimum atomic E-state index is -3.13. The lowest BCUT2D eigenvalue weighted by Crippen LogP contribution is -2.23. The monoisotopic (exact) mass is 201 g/mol. The molecule has 1 aliphatic rings. The molecule has 1 rings (SSSR count). The Kier molecular flexibility index (Phi) is 2.81. The first-order valence-electron chi connectivity index (χ1n) is 4.26. The molecule has 4 heteroatoms. The van der Waals surface area contributed by atoms with Crippen molar-refractivity contribution in [1.29, 1.82) is 0 Å². The van der Waals surface area contributed by atoms with Crippen molar-refractivity contribution >= 4 is 10.0 Å². The van der Waals surface area contributed by atoms with Gasteiger partial charge in [-0.2, -0.15) is 0 Å². The van der Waals surface area contributed by atoms with Crippen molar-refractivity contribution in [2.75, 3.05) is 6.26 Å². The second kappa shape index (κ2) is 3.54. The molecule has 0 saturated heterocycles. The third-order valence-corrected chi connectivity index (χ3v) is 2.76. The van der Waals surface area contributed by atoms with E-state index < -0.39 is 10.0 Å². The molecule has 0 amide bonds. The summed E-state index contributed by atoms with van der Waals surface area (Å²) >= 11 is 0. The average molecular weight is 201 g/mol. The van der Waals surface area contributed by atoms with Gasteiger partial charge in [0.05, 0.1) is 6.26 Å². The number of hydrogen-bond acceptors (Lipinski definition) is 2. The number of rotatable bonds is 2. The van der Waals surface area contributed by atoms with Crippen LogP contribution in [0.1, 0.15) is 13.8 Å². The van der Waals surface area contributed by atoms with Crippen molar-refractivity contribution in [3.63, 3.8) is 0 Å². The Bertz CT molecular complexity index is 341. The molecule has 0 radical (unpaired) electrons. The van der Waals surface area contributed by atoms with E-state index in [1.54, 1.807) is 0 Å². The van der Waals surface area contributed by atoms with E-state index in [9.17, 15) is 8.42 Å². The highest BCUT2D eigenvalue weighted by molar-refractivity contribution is 7.88. The largest absolute Gasteiger partial charge is 0.284 e. The Morgan fingerprint density at radius 2 is 1.92 bits per heavy atom. The minimum absolute atomic E-state index is 0.384. The van der Waals surface area contributed by atoms with Gasteiger partial charge in [-0.25, -0.2) is 8.42 Å². The molecule has 0 aromatic rings. The molecule has 0 fully saturated rings. The van der Waals surface area contributed by atoms with Gasteiger partial charge in [0.25, 0.3) is 0 Å². The fourth-order valence-electron chi connectivity index (χ4n) is 1.20. The maximum Gasteiger partial charge on any atom is 0.229 e. The highest BCUT2D eigenvalue weighted by atomic mass is 32.2. The molecule has 2 atom stereocenters. The summed E-state index contributed by atoms with van der Waals surface area (Å²) in [7, 11) is -3.13.